The highest BCUT2D eigenvalue weighted by Crippen LogP contribution is 2.27. The summed E-state index contributed by atoms with van der Waals surface area (Å²) < 4.78 is 0. The molecule has 0 spiro atoms. The molecule has 3 nitrogen and oxygen atoms in total. The maximum absolute atomic E-state index is 10.8. The zero-order valence-corrected chi connectivity index (χ0v) is 9.39. The van der Waals surface area contributed by atoms with Crippen molar-refractivity contribution in [1.82, 2.24) is 0 Å². The maximum Gasteiger partial charge on any atom is 0.152 e. The van der Waals surface area contributed by atoms with Gasteiger partial charge < -0.3 is 11.5 Å². The van der Waals surface area contributed by atoms with Crippen LogP contribution < -0.4 is 11.5 Å². The first kappa shape index (κ1) is 11.4. The van der Waals surface area contributed by atoms with E-state index in [-0.39, 0.29) is 0 Å². The highest BCUT2D eigenvalue weighted by Gasteiger charge is 2.06. The molecule has 0 atom stereocenters. The van der Waals surface area contributed by atoms with Gasteiger partial charge in [-0.25, -0.2) is 0 Å². The number of nitrogens with two attached hydrogens (primary N) is 2. The fraction of sp³-hybridized carbons (Fsp3) is 0.0714. The SMILES string of the molecule is NCc1ccc(-c2cccc(C=O)c2N)cc1. The molecule has 0 unspecified atom stereocenters. The first-order chi connectivity index (χ1) is 8.26. The summed E-state index contributed by atoms with van der Waals surface area (Å²) in [4.78, 5) is 10.8. The maximum atomic E-state index is 10.8. The van der Waals surface area contributed by atoms with Crippen LogP contribution in [0.15, 0.2) is 42.5 Å². The number of anilines is 1. The van der Waals surface area contributed by atoms with Crippen molar-refractivity contribution >= 4 is 12.0 Å². The van der Waals surface area contributed by atoms with Crippen LogP contribution in [0.25, 0.3) is 11.1 Å². The van der Waals surface area contributed by atoms with E-state index in [1.807, 2.05) is 36.4 Å². The predicted octanol–water partition coefficient (Wildman–Crippen LogP) is 2.21. The standard InChI is InChI=1S/C14H14N2O/c15-8-10-4-6-11(7-5-10)13-3-1-2-12(9-17)14(13)16/h1-7,9H,8,15-16H2. The summed E-state index contributed by atoms with van der Waals surface area (Å²) in [5, 5.41) is 0. The van der Waals surface area contributed by atoms with Crippen LogP contribution in [0, 0.1) is 0 Å². The van der Waals surface area contributed by atoms with Crippen LogP contribution in [0.1, 0.15) is 15.9 Å². The molecule has 0 aliphatic rings. The molecule has 17 heavy (non-hydrogen) atoms. The molecule has 2 aromatic rings. The molecule has 0 aromatic heterocycles. The van der Waals surface area contributed by atoms with Crippen LogP contribution in [-0.4, -0.2) is 6.29 Å². The molecular weight excluding hydrogens is 212 g/mol. The van der Waals surface area contributed by atoms with Crippen molar-refractivity contribution in [2.45, 2.75) is 6.54 Å². The fourth-order valence-corrected chi connectivity index (χ4v) is 1.76. The lowest BCUT2D eigenvalue weighted by atomic mass is 10.00. The fourth-order valence-electron chi connectivity index (χ4n) is 1.76. The number of para-hydroxylation sites is 1. The van der Waals surface area contributed by atoms with Crippen LogP contribution in [0.3, 0.4) is 0 Å². The van der Waals surface area contributed by atoms with Crippen LogP contribution in [0.4, 0.5) is 5.69 Å². The van der Waals surface area contributed by atoms with Gasteiger partial charge in [-0.05, 0) is 17.2 Å². The quantitative estimate of drug-likeness (QED) is 0.622. The molecule has 3 heteroatoms. The number of hydrogen-bond donors (Lipinski definition) is 2. The molecule has 0 aliphatic heterocycles. The van der Waals surface area contributed by atoms with Crippen molar-refractivity contribution in [2.75, 3.05) is 5.73 Å². The van der Waals surface area contributed by atoms with Gasteiger partial charge in [-0.1, -0.05) is 36.4 Å². The highest BCUT2D eigenvalue weighted by atomic mass is 16.1. The summed E-state index contributed by atoms with van der Waals surface area (Å²) in [7, 11) is 0. The molecule has 2 aromatic carbocycles. The minimum Gasteiger partial charge on any atom is -0.398 e. The molecule has 0 fully saturated rings. The summed E-state index contributed by atoms with van der Waals surface area (Å²) >= 11 is 0. The first-order valence-corrected chi connectivity index (χ1v) is 5.39. The van der Waals surface area contributed by atoms with Crippen molar-refractivity contribution in [1.29, 1.82) is 0 Å². The molecule has 2 rings (SSSR count). The molecule has 4 N–H and O–H groups in total. The number of hydrogen-bond acceptors (Lipinski definition) is 3. The van der Waals surface area contributed by atoms with E-state index in [0.717, 1.165) is 23.0 Å². The zero-order chi connectivity index (χ0) is 12.3. The lowest BCUT2D eigenvalue weighted by Gasteiger charge is -2.08. The van der Waals surface area contributed by atoms with Gasteiger partial charge in [-0.2, -0.15) is 0 Å². The van der Waals surface area contributed by atoms with E-state index < -0.39 is 0 Å². The van der Waals surface area contributed by atoms with Gasteiger partial charge in [0.2, 0.25) is 0 Å². The Balaban J connectivity index is 2.48. The van der Waals surface area contributed by atoms with Crippen molar-refractivity contribution in [3.63, 3.8) is 0 Å². The molecule has 0 bridgehead atoms. The minimum atomic E-state index is 0.517. The van der Waals surface area contributed by atoms with Gasteiger partial charge in [-0.3, -0.25) is 4.79 Å². The lowest BCUT2D eigenvalue weighted by Crippen LogP contribution is -1.97. The smallest absolute Gasteiger partial charge is 0.152 e. The molecule has 0 radical (unpaired) electrons. The third-order valence-electron chi connectivity index (χ3n) is 2.77. The molecule has 0 heterocycles. The molecule has 0 saturated carbocycles. The number of nitrogen functional groups attached to an aromatic ring is 1. The second kappa shape index (κ2) is 4.80. The monoisotopic (exact) mass is 226 g/mol. The van der Waals surface area contributed by atoms with Crippen molar-refractivity contribution in [2.24, 2.45) is 5.73 Å². The first-order valence-electron chi connectivity index (χ1n) is 5.39. The second-order valence-electron chi connectivity index (χ2n) is 3.83. The number of carbonyl (C=O) groups is 1. The Morgan fingerprint density at radius 1 is 1.06 bits per heavy atom. The van der Waals surface area contributed by atoms with E-state index in [9.17, 15) is 4.79 Å². The zero-order valence-electron chi connectivity index (χ0n) is 9.39. The van der Waals surface area contributed by atoms with E-state index in [1.165, 1.54) is 0 Å². The van der Waals surface area contributed by atoms with Crippen LogP contribution >= 0.6 is 0 Å². The summed E-state index contributed by atoms with van der Waals surface area (Å²) in [6.45, 7) is 0.518. The van der Waals surface area contributed by atoms with Crippen LogP contribution in [0.2, 0.25) is 0 Å². The summed E-state index contributed by atoms with van der Waals surface area (Å²) in [5.74, 6) is 0. The van der Waals surface area contributed by atoms with Gasteiger partial charge in [0.25, 0.3) is 0 Å². The molecule has 0 amide bonds. The van der Waals surface area contributed by atoms with Crippen molar-refractivity contribution in [3.8, 4) is 11.1 Å². The van der Waals surface area contributed by atoms with Crippen LogP contribution in [-0.2, 0) is 6.54 Å². The van der Waals surface area contributed by atoms with Crippen molar-refractivity contribution in [3.05, 3.63) is 53.6 Å². The largest absolute Gasteiger partial charge is 0.398 e. The average molecular weight is 226 g/mol. The van der Waals surface area contributed by atoms with Gasteiger partial charge in [0.15, 0.2) is 6.29 Å². The Labute approximate surface area is 100 Å². The topological polar surface area (TPSA) is 69.1 Å². The number of benzene rings is 2. The third kappa shape index (κ3) is 2.19. The summed E-state index contributed by atoms with van der Waals surface area (Å²) in [6, 6.07) is 13.3. The number of aldehydes is 1. The van der Waals surface area contributed by atoms with Gasteiger partial charge in [-0.15, -0.1) is 0 Å². The Kier molecular flexibility index (Phi) is 3.21. The molecular formula is C14H14N2O. The second-order valence-corrected chi connectivity index (χ2v) is 3.83. The molecule has 0 aliphatic carbocycles. The normalized spacial score (nSPS) is 10.2. The van der Waals surface area contributed by atoms with Gasteiger partial charge in [0, 0.05) is 23.4 Å². The van der Waals surface area contributed by atoms with E-state index in [1.54, 1.807) is 6.07 Å². The molecule has 86 valence electrons. The van der Waals surface area contributed by atoms with Crippen molar-refractivity contribution < 1.29 is 4.79 Å². The Bertz CT molecular complexity index is 532. The Morgan fingerprint density at radius 2 is 1.76 bits per heavy atom. The van der Waals surface area contributed by atoms with Crippen LogP contribution in [0.5, 0.6) is 0 Å². The summed E-state index contributed by atoms with van der Waals surface area (Å²) in [6.07, 6.45) is 0.771. The summed E-state index contributed by atoms with van der Waals surface area (Å²) in [5.41, 5.74) is 15.5. The average Bonchev–Trinajstić information content (AvgIpc) is 2.39. The minimum absolute atomic E-state index is 0.517. The third-order valence-corrected chi connectivity index (χ3v) is 2.77. The number of rotatable bonds is 3. The van der Waals surface area contributed by atoms with E-state index in [2.05, 4.69) is 0 Å². The van der Waals surface area contributed by atoms with E-state index >= 15 is 0 Å². The van der Waals surface area contributed by atoms with Gasteiger partial charge in [0.05, 0.1) is 0 Å². The van der Waals surface area contributed by atoms with Gasteiger partial charge >= 0.3 is 0 Å². The van der Waals surface area contributed by atoms with E-state index in [0.29, 0.717) is 17.8 Å². The predicted molar refractivity (Wildman–Crippen MR) is 69.6 cm³/mol. The highest BCUT2D eigenvalue weighted by molar-refractivity contribution is 5.91. The lowest BCUT2D eigenvalue weighted by molar-refractivity contribution is 0.112. The molecule has 0 saturated heterocycles. The van der Waals surface area contributed by atoms with Gasteiger partial charge in [0.1, 0.15) is 0 Å². The Morgan fingerprint density at radius 3 is 2.35 bits per heavy atom. The number of carbonyl (C=O) groups excluding carboxylic acids is 1. The Hall–Kier alpha value is -2.13. The van der Waals surface area contributed by atoms with E-state index in [4.69, 9.17) is 11.5 Å².